The van der Waals surface area contributed by atoms with E-state index in [0.717, 1.165) is 18.6 Å². The third-order valence-corrected chi connectivity index (χ3v) is 2.77. The molecule has 1 amide bonds. The fourth-order valence-corrected chi connectivity index (χ4v) is 1.73. The first-order chi connectivity index (χ1) is 8.65. The average molecular weight is 250 g/mol. The summed E-state index contributed by atoms with van der Waals surface area (Å²) >= 11 is 0. The van der Waals surface area contributed by atoms with Crippen LogP contribution in [0.1, 0.15) is 18.9 Å². The van der Waals surface area contributed by atoms with Gasteiger partial charge in [-0.25, -0.2) is 0 Å². The Morgan fingerprint density at radius 2 is 2.00 bits per heavy atom. The van der Waals surface area contributed by atoms with Gasteiger partial charge in [0.1, 0.15) is 5.75 Å². The number of benzene rings is 1. The van der Waals surface area contributed by atoms with Crippen LogP contribution in [0.15, 0.2) is 24.3 Å². The van der Waals surface area contributed by atoms with Crippen molar-refractivity contribution in [3.63, 3.8) is 0 Å². The van der Waals surface area contributed by atoms with E-state index in [-0.39, 0.29) is 11.9 Å². The van der Waals surface area contributed by atoms with Crippen LogP contribution in [0.25, 0.3) is 0 Å². The predicted molar refractivity (Wildman–Crippen MR) is 72.8 cm³/mol. The van der Waals surface area contributed by atoms with Gasteiger partial charge in [-0.15, -0.1) is 0 Å². The Bertz CT molecular complexity index is 363. The highest BCUT2D eigenvalue weighted by Gasteiger charge is 2.06. The van der Waals surface area contributed by atoms with Gasteiger partial charge in [0, 0.05) is 6.04 Å². The van der Waals surface area contributed by atoms with Crippen LogP contribution in [0.5, 0.6) is 5.75 Å². The van der Waals surface area contributed by atoms with E-state index in [2.05, 4.69) is 22.8 Å². The first-order valence-electron chi connectivity index (χ1n) is 6.22. The Hall–Kier alpha value is -1.55. The highest BCUT2D eigenvalue weighted by molar-refractivity contribution is 5.78. The first kappa shape index (κ1) is 14.5. The van der Waals surface area contributed by atoms with Gasteiger partial charge in [-0.1, -0.05) is 12.1 Å². The second-order valence-electron chi connectivity index (χ2n) is 4.39. The van der Waals surface area contributed by atoms with Crippen LogP contribution in [0.3, 0.4) is 0 Å². The Kier molecular flexibility index (Phi) is 6.22. The van der Waals surface area contributed by atoms with Gasteiger partial charge in [0.2, 0.25) is 5.91 Å². The van der Waals surface area contributed by atoms with Gasteiger partial charge in [0.25, 0.3) is 0 Å². The van der Waals surface area contributed by atoms with Crippen LogP contribution < -0.4 is 15.4 Å². The number of nitrogens with one attached hydrogen (secondary N) is 2. The zero-order valence-electron chi connectivity index (χ0n) is 11.3. The molecule has 0 aliphatic heterocycles. The normalized spacial score (nSPS) is 11.9. The van der Waals surface area contributed by atoms with Crippen LogP contribution in [0, 0.1) is 0 Å². The molecule has 1 aromatic carbocycles. The maximum atomic E-state index is 11.4. The first-order valence-corrected chi connectivity index (χ1v) is 6.22. The highest BCUT2D eigenvalue weighted by atomic mass is 16.5. The summed E-state index contributed by atoms with van der Waals surface area (Å²) in [5.74, 6) is 0.911. The minimum Gasteiger partial charge on any atom is -0.497 e. The maximum Gasteiger partial charge on any atom is 0.234 e. The quantitative estimate of drug-likeness (QED) is 0.768. The molecule has 0 aliphatic rings. The van der Waals surface area contributed by atoms with E-state index < -0.39 is 0 Å². The highest BCUT2D eigenvalue weighted by Crippen LogP contribution is 2.13. The fourth-order valence-electron chi connectivity index (χ4n) is 1.73. The molecule has 0 saturated carbocycles. The van der Waals surface area contributed by atoms with Crippen molar-refractivity contribution in [3.05, 3.63) is 29.8 Å². The van der Waals surface area contributed by atoms with Crippen molar-refractivity contribution < 1.29 is 9.53 Å². The molecule has 0 radical (unpaired) electrons. The molecule has 1 unspecified atom stereocenters. The summed E-state index contributed by atoms with van der Waals surface area (Å²) in [5.41, 5.74) is 1.26. The summed E-state index contributed by atoms with van der Waals surface area (Å²) in [7, 11) is 3.43. The SMILES string of the molecule is CNCC(=O)NC(C)CCc1ccc(OC)cc1. The van der Waals surface area contributed by atoms with Crippen LogP contribution in [-0.2, 0) is 11.2 Å². The van der Waals surface area contributed by atoms with E-state index in [1.54, 1.807) is 14.2 Å². The lowest BCUT2D eigenvalue weighted by Gasteiger charge is -2.13. The van der Waals surface area contributed by atoms with Gasteiger partial charge in [0.05, 0.1) is 13.7 Å². The number of hydrogen-bond donors (Lipinski definition) is 2. The molecule has 2 N–H and O–H groups in total. The second kappa shape index (κ2) is 7.71. The molecule has 0 fully saturated rings. The van der Waals surface area contributed by atoms with Crippen molar-refractivity contribution in [2.75, 3.05) is 20.7 Å². The molecular formula is C14H22N2O2. The van der Waals surface area contributed by atoms with Crippen molar-refractivity contribution in [1.29, 1.82) is 0 Å². The lowest BCUT2D eigenvalue weighted by atomic mass is 10.1. The number of ether oxygens (including phenoxy) is 1. The minimum absolute atomic E-state index is 0.0414. The summed E-state index contributed by atoms with van der Waals surface area (Å²) < 4.78 is 5.11. The van der Waals surface area contributed by atoms with Crippen LogP contribution in [-0.4, -0.2) is 32.7 Å². The molecule has 4 heteroatoms. The molecule has 0 spiro atoms. The Balaban J connectivity index is 2.32. The number of methoxy groups -OCH3 is 1. The number of carbonyl (C=O) groups is 1. The number of likely N-dealkylation sites (N-methyl/N-ethyl adjacent to an activating group) is 1. The third-order valence-electron chi connectivity index (χ3n) is 2.77. The number of rotatable bonds is 7. The molecule has 0 aliphatic carbocycles. The monoisotopic (exact) mass is 250 g/mol. The zero-order valence-corrected chi connectivity index (χ0v) is 11.3. The van der Waals surface area contributed by atoms with Crippen molar-refractivity contribution in [2.45, 2.75) is 25.8 Å². The summed E-state index contributed by atoms with van der Waals surface area (Å²) in [4.78, 5) is 11.4. The summed E-state index contributed by atoms with van der Waals surface area (Å²) in [6.45, 7) is 2.39. The summed E-state index contributed by atoms with van der Waals surface area (Å²) in [6.07, 6.45) is 1.88. The van der Waals surface area contributed by atoms with Crippen LogP contribution >= 0.6 is 0 Å². The standard InChI is InChI=1S/C14H22N2O2/c1-11(16-14(17)10-15-2)4-5-12-6-8-13(18-3)9-7-12/h6-9,11,15H,4-5,10H2,1-3H3,(H,16,17). The van der Waals surface area contributed by atoms with Gasteiger partial charge < -0.3 is 15.4 Å². The number of aryl methyl sites for hydroxylation is 1. The molecular weight excluding hydrogens is 228 g/mol. The Morgan fingerprint density at radius 1 is 1.33 bits per heavy atom. The van der Waals surface area contributed by atoms with E-state index in [9.17, 15) is 4.79 Å². The lowest BCUT2D eigenvalue weighted by Crippen LogP contribution is -2.38. The smallest absolute Gasteiger partial charge is 0.234 e. The van der Waals surface area contributed by atoms with E-state index >= 15 is 0 Å². The minimum atomic E-state index is 0.0414. The molecule has 0 saturated heterocycles. The molecule has 1 rings (SSSR count). The van der Waals surface area contributed by atoms with Crippen LogP contribution in [0.4, 0.5) is 0 Å². The fraction of sp³-hybridized carbons (Fsp3) is 0.500. The third kappa shape index (κ3) is 5.19. The molecule has 1 atom stereocenters. The summed E-state index contributed by atoms with van der Waals surface area (Å²) in [6, 6.07) is 8.22. The average Bonchev–Trinajstić information content (AvgIpc) is 2.37. The molecule has 100 valence electrons. The molecule has 0 bridgehead atoms. The van der Waals surface area contributed by atoms with Crippen molar-refractivity contribution in [3.8, 4) is 5.75 Å². The topological polar surface area (TPSA) is 50.4 Å². The second-order valence-corrected chi connectivity index (χ2v) is 4.39. The number of amides is 1. The lowest BCUT2D eigenvalue weighted by molar-refractivity contribution is -0.120. The van der Waals surface area contributed by atoms with Crippen molar-refractivity contribution >= 4 is 5.91 Å². The molecule has 1 aromatic rings. The molecule has 0 heterocycles. The number of carbonyl (C=O) groups excluding carboxylic acids is 1. The Labute approximate surface area is 109 Å². The largest absolute Gasteiger partial charge is 0.497 e. The van der Waals surface area contributed by atoms with Gasteiger partial charge >= 0.3 is 0 Å². The predicted octanol–water partition coefficient (Wildman–Crippen LogP) is 1.35. The van der Waals surface area contributed by atoms with Gasteiger partial charge in [-0.2, -0.15) is 0 Å². The summed E-state index contributed by atoms with van der Waals surface area (Å²) in [5, 5.41) is 5.78. The van der Waals surface area contributed by atoms with Crippen molar-refractivity contribution in [1.82, 2.24) is 10.6 Å². The molecule has 4 nitrogen and oxygen atoms in total. The van der Waals surface area contributed by atoms with E-state index in [1.165, 1.54) is 5.56 Å². The van der Waals surface area contributed by atoms with Crippen LogP contribution in [0.2, 0.25) is 0 Å². The van der Waals surface area contributed by atoms with Crippen molar-refractivity contribution in [2.24, 2.45) is 0 Å². The number of hydrogen-bond acceptors (Lipinski definition) is 3. The van der Waals surface area contributed by atoms with E-state index in [4.69, 9.17) is 4.74 Å². The maximum absolute atomic E-state index is 11.4. The van der Waals surface area contributed by atoms with Gasteiger partial charge in [-0.3, -0.25) is 4.79 Å². The van der Waals surface area contributed by atoms with Gasteiger partial charge in [0.15, 0.2) is 0 Å². The zero-order chi connectivity index (χ0) is 13.4. The Morgan fingerprint density at radius 3 is 2.56 bits per heavy atom. The van der Waals surface area contributed by atoms with E-state index in [1.807, 2.05) is 19.1 Å². The van der Waals surface area contributed by atoms with E-state index in [0.29, 0.717) is 6.54 Å². The van der Waals surface area contributed by atoms with Gasteiger partial charge in [-0.05, 0) is 44.5 Å². The molecule has 0 aromatic heterocycles. The molecule has 18 heavy (non-hydrogen) atoms.